The summed E-state index contributed by atoms with van der Waals surface area (Å²) in [6.45, 7) is 16.0. The van der Waals surface area contributed by atoms with Crippen molar-refractivity contribution in [2.75, 3.05) is 0 Å². The standard InChI is InChI=1S/C32H50O4/c1-8-31(26(35)36)16-14-28(5)15-17-32(9-2)20(21(28)19-31)18-22(33)25-29(6)12-11-24(34)27(3,4)23(29)10-13-30(25,32)7/h18,21,23-25,34H,8-17,19H2,1-7H3,(H,35,36). The van der Waals surface area contributed by atoms with E-state index in [-0.39, 0.29) is 45.0 Å². The van der Waals surface area contributed by atoms with Crippen molar-refractivity contribution in [3.8, 4) is 0 Å². The summed E-state index contributed by atoms with van der Waals surface area (Å²) in [6.07, 6.45) is 11.8. The Morgan fingerprint density at radius 1 is 0.944 bits per heavy atom. The average molecular weight is 499 g/mol. The molecule has 4 fully saturated rings. The molecule has 0 radical (unpaired) electrons. The molecule has 0 amide bonds. The van der Waals surface area contributed by atoms with Crippen LogP contribution in [0.4, 0.5) is 0 Å². The van der Waals surface area contributed by atoms with Crippen molar-refractivity contribution in [1.29, 1.82) is 0 Å². The molecule has 2 N–H and O–H groups in total. The number of aliphatic hydroxyl groups is 1. The summed E-state index contributed by atoms with van der Waals surface area (Å²) in [5, 5.41) is 21.2. The van der Waals surface area contributed by atoms with Crippen LogP contribution in [-0.4, -0.2) is 28.1 Å². The van der Waals surface area contributed by atoms with Crippen molar-refractivity contribution in [2.45, 2.75) is 125 Å². The van der Waals surface area contributed by atoms with Gasteiger partial charge in [0, 0.05) is 5.92 Å². The van der Waals surface area contributed by atoms with Crippen molar-refractivity contribution in [3.05, 3.63) is 11.6 Å². The summed E-state index contributed by atoms with van der Waals surface area (Å²) in [6, 6.07) is 0. The summed E-state index contributed by atoms with van der Waals surface area (Å²) in [7, 11) is 0. The van der Waals surface area contributed by atoms with Crippen LogP contribution in [0.1, 0.15) is 119 Å². The number of rotatable bonds is 3. The Kier molecular flexibility index (Phi) is 5.83. The molecule has 0 bridgehead atoms. The second-order valence-electron chi connectivity index (χ2n) is 15.1. The fraction of sp³-hybridized carbons (Fsp3) is 0.875. The molecule has 36 heavy (non-hydrogen) atoms. The second kappa shape index (κ2) is 7.93. The van der Waals surface area contributed by atoms with E-state index in [0.29, 0.717) is 24.5 Å². The van der Waals surface area contributed by atoms with E-state index in [1.807, 2.05) is 6.92 Å². The van der Waals surface area contributed by atoms with Gasteiger partial charge in [0.15, 0.2) is 5.78 Å². The first-order valence-electron chi connectivity index (χ1n) is 14.8. The van der Waals surface area contributed by atoms with Gasteiger partial charge in [0.05, 0.1) is 11.5 Å². The Morgan fingerprint density at radius 3 is 2.22 bits per heavy atom. The zero-order valence-corrected chi connectivity index (χ0v) is 23.9. The van der Waals surface area contributed by atoms with Crippen molar-refractivity contribution in [1.82, 2.24) is 0 Å². The summed E-state index contributed by atoms with van der Waals surface area (Å²) >= 11 is 0. The third kappa shape index (κ3) is 3.03. The van der Waals surface area contributed by atoms with E-state index in [0.717, 1.165) is 57.8 Å². The van der Waals surface area contributed by atoms with Crippen LogP contribution >= 0.6 is 0 Å². The van der Waals surface area contributed by atoms with Crippen LogP contribution in [0.5, 0.6) is 0 Å². The van der Waals surface area contributed by atoms with Gasteiger partial charge in [0.2, 0.25) is 0 Å². The highest BCUT2D eigenvalue weighted by Gasteiger charge is 2.71. The molecule has 5 rings (SSSR count). The van der Waals surface area contributed by atoms with E-state index >= 15 is 0 Å². The van der Waals surface area contributed by atoms with E-state index in [1.165, 1.54) is 5.57 Å². The molecule has 0 spiro atoms. The Balaban J connectivity index is 1.65. The molecule has 9 atom stereocenters. The number of fused-ring (bicyclic) bond motifs is 7. The van der Waals surface area contributed by atoms with Gasteiger partial charge in [-0.2, -0.15) is 0 Å². The largest absolute Gasteiger partial charge is 0.481 e. The van der Waals surface area contributed by atoms with Gasteiger partial charge in [-0.25, -0.2) is 0 Å². The summed E-state index contributed by atoms with van der Waals surface area (Å²) in [5.74, 6) is 0.129. The van der Waals surface area contributed by atoms with Crippen LogP contribution in [0.2, 0.25) is 0 Å². The lowest BCUT2D eigenvalue weighted by atomic mass is 9.32. The maximum absolute atomic E-state index is 14.4. The van der Waals surface area contributed by atoms with Crippen molar-refractivity contribution in [2.24, 2.45) is 50.2 Å². The van der Waals surface area contributed by atoms with Crippen molar-refractivity contribution >= 4 is 11.8 Å². The van der Waals surface area contributed by atoms with Crippen LogP contribution in [-0.2, 0) is 9.59 Å². The van der Waals surface area contributed by atoms with Gasteiger partial charge in [-0.3, -0.25) is 9.59 Å². The average Bonchev–Trinajstić information content (AvgIpc) is 2.81. The van der Waals surface area contributed by atoms with Gasteiger partial charge in [-0.05, 0) is 116 Å². The molecule has 0 saturated heterocycles. The minimum absolute atomic E-state index is 0.0254. The van der Waals surface area contributed by atoms with Crippen molar-refractivity contribution in [3.63, 3.8) is 0 Å². The number of carbonyl (C=O) groups excluding carboxylic acids is 1. The number of carboxylic acids is 1. The summed E-state index contributed by atoms with van der Waals surface area (Å²) in [5.41, 5.74) is 0.268. The maximum atomic E-state index is 14.4. The van der Waals surface area contributed by atoms with Gasteiger partial charge in [0.25, 0.3) is 0 Å². The molecule has 4 nitrogen and oxygen atoms in total. The van der Waals surface area contributed by atoms with Crippen LogP contribution < -0.4 is 0 Å². The van der Waals surface area contributed by atoms with Crippen molar-refractivity contribution < 1.29 is 19.8 Å². The van der Waals surface area contributed by atoms with E-state index in [2.05, 4.69) is 47.6 Å². The number of aliphatic hydroxyl groups excluding tert-OH is 1. The van der Waals surface area contributed by atoms with Crippen LogP contribution in [0.3, 0.4) is 0 Å². The first-order valence-corrected chi connectivity index (χ1v) is 14.8. The lowest BCUT2D eigenvalue weighted by Gasteiger charge is -2.71. The number of aliphatic carboxylic acids is 1. The van der Waals surface area contributed by atoms with E-state index < -0.39 is 11.4 Å². The highest BCUT2D eigenvalue weighted by atomic mass is 16.4. The van der Waals surface area contributed by atoms with E-state index in [4.69, 9.17) is 0 Å². The Labute approximate surface area is 218 Å². The maximum Gasteiger partial charge on any atom is 0.309 e. The highest BCUT2D eigenvalue weighted by Crippen LogP contribution is 2.76. The molecule has 0 aromatic rings. The first kappa shape index (κ1) is 26.4. The lowest BCUT2D eigenvalue weighted by molar-refractivity contribution is -0.205. The third-order valence-corrected chi connectivity index (χ3v) is 13.8. The predicted octanol–water partition coefficient (Wildman–Crippen LogP) is 7.19. The SMILES string of the molecule is CCC1(C(=O)O)CCC2(C)CCC3(CC)C(=CC(=O)C4C5(C)CCC(O)C(C)(C)C5CCC43C)C2C1. The minimum Gasteiger partial charge on any atom is -0.481 e. The molecule has 0 aromatic carbocycles. The quantitative estimate of drug-likeness (QED) is 0.432. The molecule has 0 aromatic heterocycles. The van der Waals surface area contributed by atoms with Crippen LogP contribution in [0.15, 0.2) is 11.6 Å². The van der Waals surface area contributed by atoms with Gasteiger partial charge in [-0.15, -0.1) is 0 Å². The topological polar surface area (TPSA) is 74.6 Å². The first-order chi connectivity index (χ1) is 16.7. The minimum atomic E-state index is -0.671. The normalized spacial score (nSPS) is 51.8. The Morgan fingerprint density at radius 2 is 1.61 bits per heavy atom. The fourth-order valence-electron chi connectivity index (χ4n) is 11.3. The molecule has 4 heteroatoms. The van der Waals surface area contributed by atoms with E-state index in [1.54, 1.807) is 0 Å². The Bertz CT molecular complexity index is 996. The number of ketones is 1. The smallest absolute Gasteiger partial charge is 0.309 e. The number of hydrogen-bond acceptors (Lipinski definition) is 3. The number of hydrogen-bond donors (Lipinski definition) is 2. The van der Waals surface area contributed by atoms with Gasteiger partial charge >= 0.3 is 5.97 Å². The molecule has 5 aliphatic rings. The number of carboxylic acid groups (broad SMARTS) is 1. The molecular weight excluding hydrogens is 448 g/mol. The summed E-state index contributed by atoms with van der Waals surface area (Å²) < 4.78 is 0. The third-order valence-electron chi connectivity index (χ3n) is 13.8. The molecule has 4 saturated carbocycles. The van der Waals surface area contributed by atoms with Gasteiger partial charge < -0.3 is 10.2 Å². The van der Waals surface area contributed by atoms with Crippen LogP contribution in [0.25, 0.3) is 0 Å². The van der Waals surface area contributed by atoms with E-state index in [9.17, 15) is 19.8 Å². The predicted molar refractivity (Wildman–Crippen MR) is 142 cm³/mol. The van der Waals surface area contributed by atoms with Gasteiger partial charge in [-0.1, -0.05) is 54.0 Å². The molecule has 0 aliphatic heterocycles. The molecule has 202 valence electrons. The Hall–Kier alpha value is -1.16. The number of carbonyl (C=O) groups is 2. The fourth-order valence-corrected chi connectivity index (χ4v) is 11.3. The highest BCUT2D eigenvalue weighted by molar-refractivity contribution is 5.95. The molecular formula is C32H50O4. The molecule has 9 unspecified atom stereocenters. The number of allylic oxidation sites excluding steroid dienone is 2. The second-order valence-corrected chi connectivity index (χ2v) is 15.1. The molecule has 5 aliphatic carbocycles. The zero-order valence-electron chi connectivity index (χ0n) is 23.9. The van der Waals surface area contributed by atoms with Gasteiger partial charge in [0.1, 0.15) is 0 Å². The van der Waals surface area contributed by atoms with Crippen LogP contribution in [0, 0.1) is 50.2 Å². The monoisotopic (exact) mass is 498 g/mol. The summed E-state index contributed by atoms with van der Waals surface area (Å²) in [4.78, 5) is 26.9. The molecule has 0 heterocycles. The zero-order chi connectivity index (χ0) is 26.5. The lowest BCUT2D eigenvalue weighted by Crippen LogP contribution is -2.67.